The molecule has 11 heteroatoms. The second kappa shape index (κ2) is 8.16. The van der Waals surface area contributed by atoms with Crippen LogP contribution in [-0.4, -0.2) is 49.7 Å². The summed E-state index contributed by atoms with van der Waals surface area (Å²) < 4.78 is 35.8. The number of hydrogen-bond acceptors (Lipinski definition) is 5. The van der Waals surface area contributed by atoms with Crippen LogP contribution < -0.4 is 0 Å². The molecule has 0 saturated carbocycles. The largest absolute Gasteiger partial charge is 0.340 e. The average Bonchev–Trinajstić information content (AvgIpc) is 3.19. The lowest BCUT2D eigenvalue weighted by Crippen LogP contribution is -2.50. The molecule has 152 valence electrons. The number of amides is 1. The second-order valence-electron chi connectivity index (χ2n) is 6.59. The summed E-state index contributed by atoms with van der Waals surface area (Å²) in [7, 11) is -3.71. The van der Waals surface area contributed by atoms with Crippen molar-refractivity contribution in [2.75, 3.05) is 26.2 Å². The molecule has 0 N–H and O–H groups in total. The van der Waals surface area contributed by atoms with Crippen molar-refractivity contribution in [3.63, 3.8) is 0 Å². The Kier molecular flexibility index (Phi) is 5.76. The number of fused-ring (bicyclic) bond motifs is 1. The number of rotatable bonds is 4. The van der Waals surface area contributed by atoms with Gasteiger partial charge in [-0.15, -0.1) is 0 Å². The smallest absolute Gasteiger partial charge is 0.245 e. The Labute approximate surface area is 182 Å². The highest BCUT2D eigenvalue weighted by Gasteiger charge is 2.33. The first kappa shape index (κ1) is 20.5. The summed E-state index contributed by atoms with van der Waals surface area (Å²) >= 11 is 13.0. The van der Waals surface area contributed by atoms with Crippen molar-refractivity contribution in [1.82, 2.24) is 9.21 Å². The first-order chi connectivity index (χ1) is 13.9. The molecule has 0 unspecified atom stereocenters. The van der Waals surface area contributed by atoms with Crippen LogP contribution in [0.2, 0.25) is 10.0 Å². The van der Waals surface area contributed by atoms with Gasteiger partial charge >= 0.3 is 0 Å². The van der Waals surface area contributed by atoms with Gasteiger partial charge in [0.2, 0.25) is 15.9 Å². The Morgan fingerprint density at radius 3 is 2.55 bits per heavy atom. The van der Waals surface area contributed by atoms with E-state index in [0.717, 1.165) is 11.4 Å². The fourth-order valence-corrected chi connectivity index (χ4v) is 5.90. The van der Waals surface area contributed by atoms with Gasteiger partial charge in [-0.25, -0.2) is 8.42 Å². The topological polar surface area (TPSA) is 82.4 Å². The zero-order valence-corrected chi connectivity index (χ0v) is 18.2. The van der Waals surface area contributed by atoms with Crippen LogP contribution in [0.25, 0.3) is 0 Å². The lowest BCUT2D eigenvalue weighted by molar-refractivity contribution is -0.131. The molecule has 1 fully saturated rings. The molecule has 7 nitrogen and oxygen atoms in total. The highest BCUT2D eigenvalue weighted by atomic mass is 35.5. The Balaban J connectivity index is 1.43. The van der Waals surface area contributed by atoms with Gasteiger partial charge in [-0.3, -0.25) is 4.79 Å². The van der Waals surface area contributed by atoms with Gasteiger partial charge in [0.1, 0.15) is 16.3 Å². The monoisotopic (exact) mass is 470 g/mol. The quantitative estimate of drug-likeness (QED) is 0.581. The normalized spacial score (nSPS) is 16.6. The van der Waals surface area contributed by atoms with Gasteiger partial charge in [0.05, 0.1) is 17.8 Å². The molecule has 0 aromatic heterocycles. The fourth-order valence-electron chi connectivity index (χ4n) is 3.25. The summed E-state index contributed by atoms with van der Waals surface area (Å²) in [6.45, 7) is 1.07. The van der Waals surface area contributed by atoms with Crippen LogP contribution in [0.5, 0.6) is 0 Å². The number of halogens is 2. The lowest BCUT2D eigenvalue weighted by Gasteiger charge is -2.34. The molecule has 2 heterocycles. The Morgan fingerprint density at radius 1 is 1.07 bits per heavy atom. The number of carbonyl (C=O) groups is 1. The number of nitrogens with zero attached hydrogens (tertiary/aromatic N) is 4. The molecule has 29 heavy (non-hydrogen) atoms. The molecular weight excluding hydrogens is 455 g/mol. The third-order valence-electron chi connectivity index (χ3n) is 4.81. The molecular formula is C18H16Cl2N4O3S2. The second-order valence-corrected chi connectivity index (χ2v) is 9.86. The molecule has 0 bridgehead atoms. The van der Waals surface area contributed by atoms with Crippen LogP contribution in [0.1, 0.15) is 5.56 Å². The molecule has 2 aliphatic rings. The summed E-state index contributed by atoms with van der Waals surface area (Å²) in [6, 6.07) is 9.95. The van der Waals surface area contributed by atoms with Gasteiger partial charge in [0.15, 0.2) is 0 Å². The number of carbonyl (C=O) groups excluding carboxylic acids is 1. The summed E-state index contributed by atoms with van der Waals surface area (Å²) in [5, 5.41) is 0.951. The Bertz CT molecular complexity index is 1160. The number of piperazine rings is 1. The van der Waals surface area contributed by atoms with Crippen molar-refractivity contribution >= 4 is 61.9 Å². The van der Waals surface area contributed by atoms with E-state index in [-0.39, 0.29) is 30.3 Å². The van der Waals surface area contributed by atoms with Gasteiger partial charge in [-0.05, 0) is 29.8 Å². The highest BCUT2D eigenvalue weighted by Crippen LogP contribution is 2.38. The fraction of sp³-hybridized carbons (Fsp3) is 0.278. The maximum absolute atomic E-state index is 13.1. The van der Waals surface area contributed by atoms with E-state index in [1.54, 1.807) is 41.3 Å². The van der Waals surface area contributed by atoms with E-state index in [0.29, 0.717) is 40.1 Å². The predicted molar refractivity (Wildman–Crippen MR) is 113 cm³/mol. The SMILES string of the molecule is O=C(Cc1ccc(Cl)cc1Cl)N1CCN(S(=O)(=O)c2cccc3c2N=S=N3)CC1. The summed E-state index contributed by atoms with van der Waals surface area (Å²) in [4.78, 5) is 14.4. The first-order valence-electron chi connectivity index (χ1n) is 8.79. The molecule has 2 aliphatic heterocycles. The molecule has 0 radical (unpaired) electrons. The van der Waals surface area contributed by atoms with Crippen LogP contribution in [0.15, 0.2) is 50.0 Å². The third kappa shape index (κ3) is 4.10. The van der Waals surface area contributed by atoms with E-state index >= 15 is 0 Å². The van der Waals surface area contributed by atoms with Gasteiger partial charge in [0.25, 0.3) is 0 Å². The summed E-state index contributed by atoms with van der Waals surface area (Å²) in [6.07, 6.45) is 0.145. The summed E-state index contributed by atoms with van der Waals surface area (Å²) in [5.41, 5.74) is 1.64. The lowest BCUT2D eigenvalue weighted by atomic mass is 10.1. The van der Waals surface area contributed by atoms with Crippen LogP contribution >= 0.6 is 23.2 Å². The average molecular weight is 471 g/mol. The van der Waals surface area contributed by atoms with Crippen molar-refractivity contribution in [2.24, 2.45) is 8.73 Å². The maximum Gasteiger partial charge on any atom is 0.245 e. The van der Waals surface area contributed by atoms with Crippen molar-refractivity contribution in [2.45, 2.75) is 11.3 Å². The van der Waals surface area contributed by atoms with Gasteiger partial charge in [-0.1, -0.05) is 35.3 Å². The molecule has 4 rings (SSSR count). The van der Waals surface area contributed by atoms with E-state index in [2.05, 4.69) is 8.73 Å². The van der Waals surface area contributed by atoms with Crippen LogP contribution in [0.4, 0.5) is 11.4 Å². The van der Waals surface area contributed by atoms with E-state index in [9.17, 15) is 13.2 Å². The molecule has 1 saturated heterocycles. The maximum atomic E-state index is 13.1. The van der Waals surface area contributed by atoms with Crippen LogP contribution in [0, 0.1) is 0 Å². The minimum absolute atomic E-state index is 0.0999. The molecule has 1 amide bonds. The van der Waals surface area contributed by atoms with Gasteiger partial charge in [0, 0.05) is 36.2 Å². The van der Waals surface area contributed by atoms with E-state index < -0.39 is 10.0 Å². The summed E-state index contributed by atoms with van der Waals surface area (Å²) in [5.74, 6) is -0.0999. The van der Waals surface area contributed by atoms with E-state index in [4.69, 9.17) is 23.2 Å². The minimum Gasteiger partial charge on any atom is -0.340 e. The third-order valence-corrected chi connectivity index (χ3v) is 7.87. The van der Waals surface area contributed by atoms with Crippen LogP contribution in [0.3, 0.4) is 0 Å². The first-order valence-corrected chi connectivity index (χ1v) is 11.7. The predicted octanol–water partition coefficient (Wildman–Crippen LogP) is 3.80. The van der Waals surface area contributed by atoms with Gasteiger partial charge in [-0.2, -0.15) is 13.0 Å². The van der Waals surface area contributed by atoms with Crippen molar-refractivity contribution < 1.29 is 13.2 Å². The van der Waals surface area contributed by atoms with Crippen LogP contribution in [-0.2, 0) is 32.6 Å². The zero-order valence-electron chi connectivity index (χ0n) is 15.1. The standard InChI is InChI=1S/C18H16Cl2N4O3S2/c19-13-5-4-12(14(20)11-13)10-17(25)23-6-8-24(9-7-23)29(26,27)16-3-1-2-15-18(16)22-28-21-15/h1-5,11H,6-10H2. The van der Waals surface area contributed by atoms with Crippen molar-refractivity contribution in [3.05, 3.63) is 52.0 Å². The Morgan fingerprint density at radius 2 is 1.83 bits per heavy atom. The van der Waals surface area contributed by atoms with E-state index in [1.165, 1.54) is 4.31 Å². The molecule has 2 aromatic rings. The van der Waals surface area contributed by atoms with Gasteiger partial charge < -0.3 is 4.90 Å². The van der Waals surface area contributed by atoms with E-state index in [1.807, 2.05) is 0 Å². The number of benzene rings is 2. The molecule has 0 aliphatic carbocycles. The van der Waals surface area contributed by atoms with Crippen molar-refractivity contribution in [3.8, 4) is 0 Å². The number of sulfonamides is 1. The Hall–Kier alpha value is -1.78. The molecule has 0 atom stereocenters. The highest BCUT2D eigenvalue weighted by molar-refractivity contribution is 7.89. The number of hydrogen-bond donors (Lipinski definition) is 0. The van der Waals surface area contributed by atoms with Crippen molar-refractivity contribution in [1.29, 1.82) is 0 Å². The molecule has 0 spiro atoms. The minimum atomic E-state index is -3.71. The molecule has 2 aromatic carbocycles. The zero-order chi connectivity index (χ0) is 20.6.